The average Bonchev–Trinajstić information content (AvgIpc) is 3.18. The summed E-state index contributed by atoms with van der Waals surface area (Å²) >= 11 is 0. The van der Waals surface area contributed by atoms with Crippen molar-refractivity contribution in [2.24, 2.45) is 0 Å². The van der Waals surface area contributed by atoms with Gasteiger partial charge in [0.1, 0.15) is 5.82 Å². The van der Waals surface area contributed by atoms with Crippen LogP contribution in [0.2, 0.25) is 0 Å². The highest BCUT2D eigenvalue weighted by Gasteiger charge is 2.26. The summed E-state index contributed by atoms with van der Waals surface area (Å²) < 4.78 is 82.3. The quantitative estimate of drug-likeness (QED) is 0.197. The number of carbonyl (C=O) groups excluding carboxylic acids is 1. The molecule has 6 nitrogen and oxygen atoms in total. The number of hydrogen-bond acceptors (Lipinski definition) is 4. The van der Waals surface area contributed by atoms with E-state index in [1.807, 2.05) is 0 Å². The molecule has 12 heteroatoms. The summed E-state index contributed by atoms with van der Waals surface area (Å²) in [5.41, 5.74) is 1.75. The average molecular weight is 466 g/mol. The molecule has 1 amide bonds. The number of imidazole rings is 1. The molecule has 4 rings (SSSR count). The Hall–Kier alpha value is -3.93. The molecule has 0 saturated heterocycles. The second-order valence-corrected chi connectivity index (χ2v) is 6.77. The molecule has 0 aliphatic rings. The number of alkyl halides is 1. The van der Waals surface area contributed by atoms with Crippen LogP contribution in [0.1, 0.15) is 28.1 Å². The summed E-state index contributed by atoms with van der Waals surface area (Å²) in [5, 5.41) is 0. The molecule has 0 aliphatic heterocycles. The molecular formula is C21H12F6N4O2. The third kappa shape index (κ3) is 4.37. The van der Waals surface area contributed by atoms with Crippen molar-refractivity contribution in [2.45, 2.75) is 12.9 Å². The van der Waals surface area contributed by atoms with E-state index in [4.69, 9.17) is 0 Å². The van der Waals surface area contributed by atoms with E-state index in [-0.39, 0.29) is 18.4 Å². The van der Waals surface area contributed by atoms with Crippen molar-refractivity contribution in [3.05, 3.63) is 94.8 Å². The Labute approximate surface area is 181 Å². The number of carbonyl (C=O) groups is 1. The van der Waals surface area contributed by atoms with Crippen molar-refractivity contribution in [1.82, 2.24) is 20.0 Å². The molecule has 170 valence electrons. The molecule has 0 radical (unpaired) electrons. The number of nitrogens with zero attached hydrogens (tertiary/aromatic N) is 3. The van der Waals surface area contributed by atoms with Gasteiger partial charge in [-0.05, 0) is 29.8 Å². The molecule has 0 aliphatic carbocycles. The summed E-state index contributed by atoms with van der Waals surface area (Å²) in [6.45, 7) is 0.0489. The monoisotopic (exact) mass is 466 g/mol. The van der Waals surface area contributed by atoms with Gasteiger partial charge in [0.05, 0.1) is 22.8 Å². The number of hydrogen-bond donors (Lipinski definition) is 1. The van der Waals surface area contributed by atoms with Crippen LogP contribution in [0.25, 0.3) is 11.0 Å². The van der Waals surface area contributed by atoms with Crippen LogP contribution in [0.3, 0.4) is 0 Å². The molecule has 33 heavy (non-hydrogen) atoms. The highest BCUT2D eigenvalue weighted by molar-refractivity contribution is 5.94. The summed E-state index contributed by atoms with van der Waals surface area (Å²) in [5.74, 6) is -10.0. The predicted octanol–water partition coefficient (Wildman–Crippen LogP) is 4.50. The lowest BCUT2D eigenvalue weighted by Gasteiger charge is -2.13. The van der Waals surface area contributed by atoms with Gasteiger partial charge in [0.2, 0.25) is 5.82 Å². The largest absolute Gasteiger partial charge is 0.314 e. The zero-order chi connectivity index (χ0) is 23.7. The lowest BCUT2D eigenvalue weighted by Crippen LogP contribution is -2.28. The van der Waals surface area contributed by atoms with E-state index in [1.165, 1.54) is 47.3 Å². The first-order chi connectivity index (χ1) is 15.8. The first kappa shape index (κ1) is 22.3. The first-order valence-electron chi connectivity index (χ1n) is 9.24. The molecule has 0 saturated carbocycles. The van der Waals surface area contributed by atoms with Gasteiger partial charge in [-0.1, -0.05) is 12.1 Å². The molecule has 0 bridgehead atoms. The van der Waals surface area contributed by atoms with E-state index in [1.54, 1.807) is 5.48 Å². The van der Waals surface area contributed by atoms with Crippen molar-refractivity contribution in [3.8, 4) is 0 Å². The third-order valence-electron chi connectivity index (χ3n) is 4.64. The Balaban J connectivity index is 1.59. The number of amides is 1. The van der Waals surface area contributed by atoms with Crippen molar-refractivity contribution < 1.29 is 36.0 Å². The topological polar surface area (TPSA) is 69.0 Å². The van der Waals surface area contributed by atoms with Gasteiger partial charge in [-0.3, -0.25) is 9.78 Å². The summed E-state index contributed by atoms with van der Waals surface area (Å²) in [4.78, 5) is 25.1. The SMILES string of the molecule is O=C(NOC(F)c1cc(F)c(F)c(F)c1F)c1nc2ccncc2n1Cc1ccc(F)cc1. The fourth-order valence-electron chi connectivity index (χ4n) is 3.05. The van der Waals surface area contributed by atoms with E-state index < -0.39 is 46.9 Å². The fourth-order valence-corrected chi connectivity index (χ4v) is 3.05. The van der Waals surface area contributed by atoms with Gasteiger partial charge >= 0.3 is 5.91 Å². The van der Waals surface area contributed by atoms with Crippen LogP contribution < -0.4 is 5.48 Å². The Bertz CT molecular complexity index is 1340. The fraction of sp³-hybridized carbons (Fsp3) is 0.0952. The second kappa shape index (κ2) is 8.90. The number of fused-ring (bicyclic) bond motifs is 1. The van der Waals surface area contributed by atoms with E-state index >= 15 is 0 Å². The molecule has 0 fully saturated rings. The Kier molecular flexibility index (Phi) is 6.01. The van der Waals surface area contributed by atoms with E-state index in [0.29, 0.717) is 16.6 Å². The zero-order valence-electron chi connectivity index (χ0n) is 16.3. The number of rotatable bonds is 6. The van der Waals surface area contributed by atoms with Crippen LogP contribution in [-0.4, -0.2) is 20.4 Å². The number of aromatic nitrogens is 3. The Morgan fingerprint density at radius 2 is 1.76 bits per heavy atom. The van der Waals surface area contributed by atoms with Crippen LogP contribution in [-0.2, 0) is 11.4 Å². The first-order valence-corrected chi connectivity index (χ1v) is 9.24. The van der Waals surface area contributed by atoms with Crippen molar-refractivity contribution in [1.29, 1.82) is 0 Å². The molecule has 1 unspecified atom stereocenters. The minimum absolute atomic E-state index is 0.0489. The van der Waals surface area contributed by atoms with Gasteiger partial charge in [-0.2, -0.15) is 0 Å². The maximum absolute atomic E-state index is 14.2. The lowest BCUT2D eigenvalue weighted by molar-refractivity contribution is -0.0894. The summed E-state index contributed by atoms with van der Waals surface area (Å²) in [6, 6.07) is 6.98. The Morgan fingerprint density at radius 1 is 1.03 bits per heavy atom. The minimum Gasteiger partial charge on any atom is -0.314 e. The molecule has 1 atom stereocenters. The predicted molar refractivity (Wildman–Crippen MR) is 102 cm³/mol. The van der Waals surface area contributed by atoms with Crippen LogP contribution >= 0.6 is 0 Å². The van der Waals surface area contributed by atoms with Gasteiger partial charge in [0.15, 0.2) is 23.3 Å². The molecule has 4 aromatic rings. The van der Waals surface area contributed by atoms with Crippen LogP contribution in [0.4, 0.5) is 26.3 Å². The van der Waals surface area contributed by atoms with Gasteiger partial charge < -0.3 is 4.57 Å². The standard InChI is InChI=1S/C21H12F6N4O2/c22-11-3-1-10(2-4-11)9-31-15-8-28-6-5-14(15)29-20(31)21(32)30-33-19(27)12-7-13(23)17(25)18(26)16(12)24/h1-8,19H,9H2,(H,30,32). The van der Waals surface area contributed by atoms with E-state index in [2.05, 4.69) is 14.8 Å². The van der Waals surface area contributed by atoms with Crippen LogP contribution in [0, 0.1) is 29.1 Å². The lowest BCUT2D eigenvalue weighted by atomic mass is 10.2. The van der Waals surface area contributed by atoms with Gasteiger partial charge in [-0.15, -0.1) is 0 Å². The van der Waals surface area contributed by atoms with Gasteiger partial charge in [0, 0.05) is 12.7 Å². The highest BCUT2D eigenvalue weighted by atomic mass is 19.2. The van der Waals surface area contributed by atoms with E-state index in [9.17, 15) is 31.1 Å². The van der Waals surface area contributed by atoms with Crippen molar-refractivity contribution >= 4 is 16.9 Å². The maximum atomic E-state index is 14.2. The Morgan fingerprint density at radius 3 is 2.48 bits per heavy atom. The smallest absolute Gasteiger partial charge is 0.310 e. The van der Waals surface area contributed by atoms with Gasteiger partial charge in [0.25, 0.3) is 6.36 Å². The minimum atomic E-state index is -2.87. The van der Waals surface area contributed by atoms with Crippen molar-refractivity contribution in [3.63, 3.8) is 0 Å². The van der Waals surface area contributed by atoms with E-state index in [0.717, 1.165) is 0 Å². The number of benzene rings is 2. The van der Waals surface area contributed by atoms with Crippen LogP contribution in [0.15, 0.2) is 48.8 Å². The second-order valence-electron chi connectivity index (χ2n) is 6.77. The van der Waals surface area contributed by atoms with Crippen LogP contribution in [0.5, 0.6) is 0 Å². The molecule has 0 spiro atoms. The number of hydroxylamine groups is 1. The molecule has 2 aromatic heterocycles. The summed E-state index contributed by atoms with van der Waals surface area (Å²) in [6.07, 6.45) is -0.0237. The number of nitrogens with one attached hydrogen (secondary N) is 1. The number of pyridine rings is 1. The molecular weight excluding hydrogens is 454 g/mol. The normalized spacial score (nSPS) is 12.2. The molecule has 1 N–H and O–H groups in total. The van der Waals surface area contributed by atoms with Crippen molar-refractivity contribution in [2.75, 3.05) is 0 Å². The number of halogens is 6. The molecule has 2 heterocycles. The highest BCUT2D eigenvalue weighted by Crippen LogP contribution is 2.26. The maximum Gasteiger partial charge on any atom is 0.310 e. The zero-order valence-corrected chi connectivity index (χ0v) is 16.3. The summed E-state index contributed by atoms with van der Waals surface area (Å²) in [7, 11) is 0. The molecule has 2 aromatic carbocycles. The third-order valence-corrected chi connectivity index (χ3v) is 4.64. The van der Waals surface area contributed by atoms with Gasteiger partial charge in [-0.25, -0.2) is 41.6 Å².